The van der Waals surface area contributed by atoms with Gasteiger partial charge in [-0.05, 0) is 30.5 Å². The van der Waals surface area contributed by atoms with Gasteiger partial charge in [-0.25, -0.2) is 0 Å². The van der Waals surface area contributed by atoms with Crippen molar-refractivity contribution in [3.8, 4) is 0 Å². The summed E-state index contributed by atoms with van der Waals surface area (Å²) >= 11 is 0. The van der Waals surface area contributed by atoms with E-state index in [2.05, 4.69) is 0 Å². The SMILES string of the molecule is Nc1ccccc1C(=O)N1C[C@@H]2C[C@H](C1)c1cccc(=O)n1C2. The van der Waals surface area contributed by atoms with Gasteiger partial charge in [-0.15, -0.1) is 0 Å². The largest absolute Gasteiger partial charge is 0.398 e. The Morgan fingerprint density at radius 2 is 1.87 bits per heavy atom. The van der Waals surface area contributed by atoms with Gasteiger partial charge in [0.05, 0.1) is 5.56 Å². The van der Waals surface area contributed by atoms with Crippen LogP contribution in [-0.2, 0) is 6.54 Å². The van der Waals surface area contributed by atoms with Gasteiger partial charge in [-0.3, -0.25) is 9.59 Å². The fourth-order valence-corrected chi connectivity index (χ4v) is 3.92. The molecule has 1 aromatic heterocycles. The molecule has 5 heteroatoms. The number of hydrogen-bond donors (Lipinski definition) is 1. The van der Waals surface area contributed by atoms with Gasteiger partial charge < -0.3 is 15.2 Å². The second-order valence-corrected chi connectivity index (χ2v) is 6.50. The summed E-state index contributed by atoms with van der Waals surface area (Å²) in [5, 5.41) is 0. The Kier molecular flexibility index (Phi) is 3.22. The highest BCUT2D eigenvalue weighted by atomic mass is 16.2. The highest BCUT2D eigenvalue weighted by molar-refractivity contribution is 5.99. The van der Waals surface area contributed by atoms with Crippen LogP contribution in [0, 0.1) is 5.92 Å². The van der Waals surface area contributed by atoms with Gasteiger partial charge in [0, 0.05) is 43.0 Å². The van der Waals surface area contributed by atoms with Crippen molar-refractivity contribution < 1.29 is 4.79 Å². The molecule has 0 unspecified atom stereocenters. The monoisotopic (exact) mass is 309 g/mol. The zero-order valence-electron chi connectivity index (χ0n) is 12.8. The van der Waals surface area contributed by atoms with Gasteiger partial charge in [-0.1, -0.05) is 18.2 Å². The molecule has 2 aliphatic heterocycles. The maximum absolute atomic E-state index is 12.8. The third-order valence-electron chi connectivity index (χ3n) is 4.96. The van der Waals surface area contributed by atoms with Crippen molar-refractivity contribution in [2.75, 3.05) is 18.8 Å². The van der Waals surface area contributed by atoms with Crippen molar-refractivity contribution in [2.24, 2.45) is 5.92 Å². The second-order valence-electron chi connectivity index (χ2n) is 6.50. The molecule has 1 amide bonds. The lowest BCUT2D eigenvalue weighted by Gasteiger charge is -2.42. The summed E-state index contributed by atoms with van der Waals surface area (Å²) in [6, 6.07) is 12.6. The van der Waals surface area contributed by atoms with Gasteiger partial charge in [-0.2, -0.15) is 0 Å². The lowest BCUT2D eigenvalue weighted by Crippen LogP contribution is -2.49. The number of carbonyl (C=O) groups is 1. The standard InChI is InChI=1S/C18H19N3O2/c19-15-5-2-1-4-14(15)18(23)20-9-12-8-13(11-20)16-6-3-7-17(22)21(16)10-12/h1-7,12-13H,8-11,19H2/t12-,13+/m0/s1. The molecule has 0 spiro atoms. The molecule has 2 bridgehead atoms. The number of nitrogens with zero attached hydrogens (tertiary/aromatic N) is 2. The highest BCUT2D eigenvalue weighted by Gasteiger charge is 2.36. The van der Waals surface area contributed by atoms with Gasteiger partial charge in [0.25, 0.3) is 11.5 Å². The fraction of sp³-hybridized carbons (Fsp3) is 0.333. The Labute approximate surface area is 134 Å². The van der Waals surface area contributed by atoms with Gasteiger partial charge in [0.2, 0.25) is 0 Å². The fourth-order valence-electron chi connectivity index (χ4n) is 3.92. The van der Waals surface area contributed by atoms with E-state index in [1.54, 1.807) is 18.2 Å². The molecule has 118 valence electrons. The first-order chi connectivity index (χ1) is 11.1. The Morgan fingerprint density at radius 1 is 1.04 bits per heavy atom. The number of pyridine rings is 1. The van der Waals surface area contributed by atoms with E-state index < -0.39 is 0 Å². The minimum Gasteiger partial charge on any atom is -0.398 e. The molecule has 2 aliphatic rings. The van der Waals surface area contributed by atoms with Crippen LogP contribution >= 0.6 is 0 Å². The molecule has 1 aromatic carbocycles. The molecule has 1 saturated heterocycles. The maximum Gasteiger partial charge on any atom is 0.255 e. The van der Waals surface area contributed by atoms with Crippen molar-refractivity contribution >= 4 is 11.6 Å². The van der Waals surface area contributed by atoms with Gasteiger partial charge in [0.15, 0.2) is 0 Å². The molecule has 3 heterocycles. The van der Waals surface area contributed by atoms with E-state index in [0.29, 0.717) is 36.8 Å². The molecule has 2 aromatic rings. The molecular formula is C18H19N3O2. The first-order valence-corrected chi connectivity index (χ1v) is 7.97. The molecule has 2 N–H and O–H groups in total. The normalized spacial score (nSPS) is 22.5. The van der Waals surface area contributed by atoms with Crippen LogP contribution in [0.2, 0.25) is 0 Å². The summed E-state index contributed by atoms with van der Waals surface area (Å²) in [5.41, 5.74) is 8.14. The zero-order valence-corrected chi connectivity index (χ0v) is 12.8. The van der Waals surface area contributed by atoms with E-state index in [1.807, 2.05) is 33.7 Å². The average Bonchev–Trinajstić information content (AvgIpc) is 2.55. The predicted octanol–water partition coefficient (Wildman–Crippen LogP) is 1.69. The number of aromatic nitrogens is 1. The van der Waals surface area contributed by atoms with Crippen LogP contribution in [0.1, 0.15) is 28.4 Å². The molecule has 23 heavy (non-hydrogen) atoms. The number of para-hydroxylation sites is 1. The molecular weight excluding hydrogens is 290 g/mol. The number of rotatable bonds is 1. The molecule has 5 nitrogen and oxygen atoms in total. The van der Waals surface area contributed by atoms with E-state index in [1.165, 1.54) is 0 Å². The lowest BCUT2D eigenvalue weighted by molar-refractivity contribution is 0.0595. The number of likely N-dealkylation sites (tertiary alicyclic amines) is 1. The number of nitrogens with two attached hydrogens (primary N) is 1. The van der Waals surface area contributed by atoms with Crippen molar-refractivity contribution in [1.82, 2.24) is 9.47 Å². The Bertz CT molecular complexity index is 827. The van der Waals surface area contributed by atoms with Gasteiger partial charge in [0.1, 0.15) is 0 Å². The Balaban J connectivity index is 1.65. The minimum absolute atomic E-state index is 0.00970. The van der Waals surface area contributed by atoms with Crippen molar-refractivity contribution in [2.45, 2.75) is 18.9 Å². The quantitative estimate of drug-likeness (QED) is 0.815. The number of benzene rings is 1. The van der Waals surface area contributed by atoms with Crippen LogP contribution in [-0.4, -0.2) is 28.5 Å². The molecule has 4 rings (SSSR count). The van der Waals surface area contributed by atoms with Crippen LogP contribution < -0.4 is 11.3 Å². The number of anilines is 1. The second kappa shape index (κ2) is 5.26. The summed E-state index contributed by atoms with van der Waals surface area (Å²) in [4.78, 5) is 26.7. The van der Waals surface area contributed by atoms with Crippen molar-refractivity contribution in [3.63, 3.8) is 0 Å². The topological polar surface area (TPSA) is 68.3 Å². The van der Waals surface area contributed by atoms with Crippen molar-refractivity contribution in [3.05, 3.63) is 64.1 Å². The Morgan fingerprint density at radius 3 is 2.70 bits per heavy atom. The number of fused-ring (bicyclic) bond motifs is 4. The Hall–Kier alpha value is -2.56. The number of hydrogen-bond acceptors (Lipinski definition) is 3. The summed E-state index contributed by atoms with van der Waals surface area (Å²) in [6.07, 6.45) is 1.04. The third kappa shape index (κ3) is 2.32. The average molecular weight is 309 g/mol. The number of amides is 1. The lowest BCUT2D eigenvalue weighted by atomic mass is 9.83. The first kappa shape index (κ1) is 14.1. The van der Waals surface area contributed by atoms with E-state index in [4.69, 9.17) is 5.73 Å². The van der Waals surface area contributed by atoms with Crippen LogP contribution in [0.5, 0.6) is 0 Å². The van der Waals surface area contributed by atoms with E-state index >= 15 is 0 Å². The summed E-state index contributed by atoms with van der Waals surface area (Å²) in [6.45, 7) is 2.02. The first-order valence-electron chi connectivity index (χ1n) is 7.97. The minimum atomic E-state index is -0.00970. The van der Waals surface area contributed by atoms with E-state index in [-0.39, 0.29) is 17.4 Å². The number of piperidine rings is 1. The van der Waals surface area contributed by atoms with Crippen LogP contribution in [0.15, 0.2) is 47.3 Å². The molecule has 0 aliphatic carbocycles. The number of nitrogen functional groups attached to an aromatic ring is 1. The molecule has 1 fully saturated rings. The maximum atomic E-state index is 12.8. The molecule has 2 atom stereocenters. The van der Waals surface area contributed by atoms with Gasteiger partial charge >= 0.3 is 0 Å². The smallest absolute Gasteiger partial charge is 0.255 e. The van der Waals surface area contributed by atoms with Crippen LogP contribution in [0.3, 0.4) is 0 Å². The van der Waals surface area contributed by atoms with Crippen LogP contribution in [0.25, 0.3) is 0 Å². The highest BCUT2D eigenvalue weighted by Crippen LogP contribution is 2.35. The zero-order chi connectivity index (χ0) is 16.0. The summed E-state index contributed by atoms with van der Waals surface area (Å²) < 4.78 is 1.87. The molecule has 0 saturated carbocycles. The molecule has 0 radical (unpaired) electrons. The van der Waals surface area contributed by atoms with Crippen LogP contribution in [0.4, 0.5) is 5.69 Å². The summed E-state index contributed by atoms with van der Waals surface area (Å²) in [7, 11) is 0. The van der Waals surface area contributed by atoms with E-state index in [0.717, 1.165) is 12.1 Å². The summed E-state index contributed by atoms with van der Waals surface area (Å²) in [5.74, 6) is 0.546. The number of carbonyl (C=O) groups excluding carboxylic acids is 1. The predicted molar refractivity (Wildman–Crippen MR) is 88.3 cm³/mol. The third-order valence-corrected chi connectivity index (χ3v) is 4.96. The van der Waals surface area contributed by atoms with E-state index in [9.17, 15) is 9.59 Å². The van der Waals surface area contributed by atoms with Crippen molar-refractivity contribution in [1.29, 1.82) is 0 Å².